The Kier molecular flexibility index (Phi) is 2.53. The molecule has 2 nitrogen and oxygen atoms in total. The van der Waals surface area contributed by atoms with Gasteiger partial charge in [0.25, 0.3) is 0 Å². The van der Waals surface area contributed by atoms with Crippen LogP contribution in [0.3, 0.4) is 0 Å². The highest BCUT2D eigenvalue weighted by molar-refractivity contribution is 7.99. The Morgan fingerprint density at radius 2 is 2.33 bits per heavy atom. The van der Waals surface area contributed by atoms with E-state index in [0.717, 1.165) is 13.0 Å². The van der Waals surface area contributed by atoms with Gasteiger partial charge in [-0.1, -0.05) is 0 Å². The van der Waals surface area contributed by atoms with Gasteiger partial charge in [0.1, 0.15) is 5.76 Å². The third-order valence-corrected chi connectivity index (χ3v) is 4.71. The quantitative estimate of drug-likeness (QED) is 0.731. The fourth-order valence-electron chi connectivity index (χ4n) is 2.87. The lowest BCUT2D eigenvalue weighted by Gasteiger charge is -2.37. The summed E-state index contributed by atoms with van der Waals surface area (Å²) < 4.78 is 5.58. The molecule has 2 aliphatic heterocycles. The summed E-state index contributed by atoms with van der Waals surface area (Å²) in [7, 11) is 0. The van der Waals surface area contributed by atoms with Crippen LogP contribution < -0.4 is 5.32 Å². The van der Waals surface area contributed by atoms with Crippen molar-refractivity contribution in [3.63, 3.8) is 0 Å². The van der Waals surface area contributed by atoms with Gasteiger partial charge in [-0.05, 0) is 36.8 Å². The number of rotatable bonds is 0. The molecular formula is C12H17NOS. The van der Waals surface area contributed by atoms with Crippen LogP contribution in [0, 0.1) is 0 Å². The monoisotopic (exact) mass is 223 g/mol. The number of hydrogen-bond acceptors (Lipinski definition) is 3. The zero-order valence-electron chi connectivity index (χ0n) is 8.92. The Hall–Kier alpha value is -0.410. The second kappa shape index (κ2) is 3.87. The van der Waals surface area contributed by atoms with Gasteiger partial charge in [0.15, 0.2) is 0 Å². The smallest absolute Gasteiger partial charge is 0.110 e. The molecule has 1 unspecified atom stereocenters. The number of thioether (sulfide) groups is 1. The van der Waals surface area contributed by atoms with Crippen LogP contribution in [0.2, 0.25) is 0 Å². The van der Waals surface area contributed by atoms with E-state index in [9.17, 15) is 0 Å². The molecule has 1 fully saturated rings. The lowest BCUT2D eigenvalue weighted by Crippen LogP contribution is -2.46. The zero-order chi connectivity index (χ0) is 10.1. The third-order valence-electron chi connectivity index (χ3n) is 3.64. The van der Waals surface area contributed by atoms with Crippen LogP contribution in [-0.4, -0.2) is 18.1 Å². The Morgan fingerprint density at radius 1 is 1.33 bits per heavy atom. The Morgan fingerprint density at radius 3 is 3.33 bits per heavy atom. The van der Waals surface area contributed by atoms with Gasteiger partial charge in [-0.2, -0.15) is 11.8 Å². The summed E-state index contributed by atoms with van der Waals surface area (Å²) in [6.45, 7) is 1.07. The largest absolute Gasteiger partial charge is 0.469 e. The van der Waals surface area contributed by atoms with Gasteiger partial charge in [-0.25, -0.2) is 0 Å². The molecule has 1 aromatic heterocycles. The molecule has 1 aromatic rings. The molecule has 0 amide bonds. The van der Waals surface area contributed by atoms with E-state index in [1.165, 1.54) is 42.1 Å². The Balaban J connectivity index is 1.98. The van der Waals surface area contributed by atoms with E-state index in [1.807, 2.05) is 6.26 Å². The second-order valence-corrected chi connectivity index (χ2v) is 5.71. The topological polar surface area (TPSA) is 25.2 Å². The first kappa shape index (κ1) is 9.79. The van der Waals surface area contributed by atoms with E-state index in [0.29, 0.717) is 0 Å². The van der Waals surface area contributed by atoms with Crippen LogP contribution in [0.5, 0.6) is 0 Å². The minimum Gasteiger partial charge on any atom is -0.469 e. The van der Waals surface area contributed by atoms with Crippen LogP contribution in [0.1, 0.15) is 30.6 Å². The molecule has 0 aliphatic carbocycles. The minimum atomic E-state index is 0.240. The summed E-state index contributed by atoms with van der Waals surface area (Å²) in [6.07, 6.45) is 6.76. The summed E-state index contributed by atoms with van der Waals surface area (Å²) in [5.74, 6) is 3.81. The predicted octanol–water partition coefficient (Wildman–Crippen LogP) is 2.54. The standard InChI is InChI=1S/C12H17NOS/c1-4-12(5-9-15-8-1)10-3-7-14-11(10)2-6-13-12/h3,7,13H,1-2,4-6,8-9H2. The second-order valence-electron chi connectivity index (χ2n) is 4.48. The molecule has 1 saturated heterocycles. The van der Waals surface area contributed by atoms with E-state index in [-0.39, 0.29) is 5.54 Å². The van der Waals surface area contributed by atoms with Crippen molar-refractivity contribution in [3.05, 3.63) is 23.7 Å². The van der Waals surface area contributed by atoms with Crippen molar-refractivity contribution in [1.29, 1.82) is 0 Å². The normalized spacial score (nSPS) is 31.2. The van der Waals surface area contributed by atoms with Gasteiger partial charge >= 0.3 is 0 Å². The van der Waals surface area contributed by atoms with Crippen molar-refractivity contribution < 1.29 is 4.42 Å². The minimum absolute atomic E-state index is 0.240. The molecule has 82 valence electrons. The summed E-state index contributed by atoms with van der Waals surface area (Å²) in [6, 6.07) is 2.18. The van der Waals surface area contributed by atoms with Crippen molar-refractivity contribution in [2.24, 2.45) is 0 Å². The molecule has 2 aliphatic rings. The SMILES string of the molecule is c1cc2c(o1)CCNC21CCCSCC1. The summed E-state index contributed by atoms with van der Waals surface area (Å²) in [5, 5.41) is 3.74. The van der Waals surface area contributed by atoms with Gasteiger partial charge in [0.2, 0.25) is 0 Å². The van der Waals surface area contributed by atoms with Crippen molar-refractivity contribution >= 4 is 11.8 Å². The number of hydrogen-bond donors (Lipinski definition) is 1. The van der Waals surface area contributed by atoms with E-state index in [4.69, 9.17) is 4.42 Å². The van der Waals surface area contributed by atoms with Crippen LogP contribution in [-0.2, 0) is 12.0 Å². The number of nitrogens with one attached hydrogen (secondary N) is 1. The highest BCUT2D eigenvalue weighted by atomic mass is 32.2. The van der Waals surface area contributed by atoms with Crippen LogP contribution in [0.15, 0.2) is 16.7 Å². The molecule has 0 radical (unpaired) electrons. The van der Waals surface area contributed by atoms with Gasteiger partial charge in [0.05, 0.1) is 6.26 Å². The predicted molar refractivity (Wildman–Crippen MR) is 63.3 cm³/mol. The van der Waals surface area contributed by atoms with Crippen molar-refractivity contribution in [2.75, 3.05) is 18.1 Å². The first-order valence-corrected chi connectivity index (χ1v) is 6.96. The molecule has 3 rings (SSSR count). The molecule has 1 atom stereocenters. The Labute approximate surface area is 94.8 Å². The molecule has 0 aromatic carbocycles. The molecule has 3 heteroatoms. The third kappa shape index (κ3) is 1.62. The summed E-state index contributed by atoms with van der Waals surface area (Å²) in [4.78, 5) is 0. The molecule has 0 bridgehead atoms. The highest BCUT2D eigenvalue weighted by Crippen LogP contribution is 2.39. The van der Waals surface area contributed by atoms with Crippen molar-refractivity contribution in [1.82, 2.24) is 5.32 Å². The first-order chi connectivity index (χ1) is 7.41. The molecule has 1 spiro atoms. The van der Waals surface area contributed by atoms with Crippen LogP contribution in [0.4, 0.5) is 0 Å². The van der Waals surface area contributed by atoms with E-state index in [2.05, 4.69) is 23.1 Å². The summed E-state index contributed by atoms with van der Waals surface area (Å²) in [5.41, 5.74) is 1.68. The number of furan rings is 1. The summed E-state index contributed by atoms with van der Waals surface area (Å²) >= 11 is 2.09. The van der Waals surface area contributed by atoms with Crippen molar-refractivity contribution in [2.45, 2.75) is 31.2 Å². The van der Waals surface area contributed by atoms with Crippen molar-refractivity contribution in [3.8, 4) is 0 Å². The van der Waals surface area contributed by atoms with Gasteiger partial charge in [-0.15, -0.1) is 0 Å². The van der Waals surface area contributed by atoms with Crippen LogP contribution in [0.25, 0.3) is 0 Å². The first-order valence-electron chi connectivity index (χ1n) is 5.80. The number of fused-ring (bicyclic) bond motifs is 2. The molecular weight excluding hydrogens is 206 g/mol. The van der Waals surface area contributed by atoms with E-state index < -0.39 is 0 Å². The maximum Gasteiger partial charge on any atom is 0.110 e. The molecule has 0 saturated carbocycles. The maximum atomic E-state index is 5.58. The maximum absolute atomic E-state index is 5.58. The molecule has 1 N–H and O–H groups in total. The lowest BCUT2D eigenvalue weighted by molar-refractivity contribution is 0.272. The highest BCUT2D eigenvalue weighted by Gasteiger charge is 2.37. The molecule has 15 heavy (non-hydrogen) atoms. The van der Waals surface area contributed by atoms with E-state index >= 15 is 0 Å². The average Bonchev–Trinajstić information content (AvgIpc) is 2.62. The average molecular weight is 223 g/mol. The zero-order valence-corrected chi connectivity index (χ0v) is 9.74. The van der Waals surface area contributed by atoms with Gasteiger partial charge in [0, 0.05) is 24.1 Å². The van der Waals surface area contributed by atoms with Crippen LogP contribution >= 0.6 is 11.8 Å². The lowest BCUT2D eigenvalue weighted by atomic mass is 9.80. The fraction of sp³-hybridized carbons (Fsp3) is 0.667. The fourth-order valence-corrected chi connectivity index (χ4v) is 3.91. The van der Waals surface area contributed by atoms with Gasteiger partial charge < -0.3 is 9.73 Å². The molecule has 3 heterocycles. The van der Waals surface area contributed by atoms with E-state index in [1.54, 1.807) is 0 Å². The Bertz CT molecular complexity index is 339. The van der Waals surface area contributed by atoms with Gasteiger partial charge in [-0.3, -0.25) is 0 Å².